The lowest BCUT2D eigenvalue weighted by molar-refractivity contribution is -0.212. The Hall–Kier alpha value is -4.75. The minimum atomic E-state index is -4.42. The van der Waals surface area contributed by atoms with Crippen LogP contribution in [0.15, 0.2) is 83.8 Å². The van der Waals surface area contributed by atoms with Gasteiger partial charge in [0.1, 0.15) is 25.4 Å². The summed E-state index contributed by atoms with van der Waals surface area (Å²) in [4.78, 5) is 49.4. The van der Waals surface area contributed by atoms with Gasteiger partial charge in [0.15, 0.2) is 17.6 Å². The highest BCUT2D eigenvalue weighted by atomic mass is 32.2. The number of carbonyl (C=O) groups excluding carboxylic acids is 4. The third kappa shape index (κ3) is 6.90. The number of esters is 3. The maximum absolute atomic E-state index is 14.0. The fraction of sp³-hybridized carbons (Fsp3) is 0.333. The first kappa shape index (κ1) is 32.6. The molecule has 242 valence electrons. The van der Waals surface area contributed by atoms with Gasteiger partial charge in [0, 0.05) is 26.7 Å². The average molecular weight is 652 g/mol. The number of hydrogen-bond donors (Lipinski definition) is 1. The number of rotatable bonds is 9. The Balaban J connectivity index is 1.48. The molecule has 0 radical (unpaired) electrons. The Kier molecular flexibility index (Phi) is 9.73. The standard InChI is InChI=1S/C33H33NO11S/c1-19(35)41-18-28-30(43-20(2)36)31(44-21(3)37)29(32(45-28)46(39,40)22-11-5-4-6-12-22)34-33(38)42-17-27-25-15-9-7-13-23(25)24-14-8-10-16-26(24)27/h4-16,27-32H,17-18H2,1-3H3,(H,34,38)/t28-,29-,30-,31-,32+/m1/s1. The Bertz CT molecular complexity index is 1680. The van der Waals surface area contributed by atoms with Crippen LogP contribution < -0.4 is 5.32 Å². The highest BCUT2D eigenvalue weighted by molar-refractivity contribution is 7.92. The Morgan fingerprint density at radius 1 is 0.696 bits per heavy atom. The minimum Gasteiger partial charge on any atom is -0.463 e. The largest absolute Gasteiger partial charge is 0.463 e. The van der Waals surface area contributed by atoms with Crippen LogP contribution in [0.3, 0.4) is 0 Å². The number of ether oxygens (including phenoxy) is 5. The second-order valence-corrected chi connectivity index (χ2v) is 12.9. The highest BCUT2D eigenvalue weighted by Gasteiger charge is 2.55. The Labute approximate surface area is 265 Å². The summed E-state index contributed by atoms with van der Waals surface area (Å²) in [6.45, 7) is 2.67. The summed E-state index contributed by atoms with van der Waals surface area (Å²) < 4.78 is 55.6. The van der Waals surface area contributed by atoms with Gasteiger partial charge in [-0.3, -0.25) is 14.4 Å². The van der Waals surface area contributed by atoms with Crippen LogP contribution in [-0.2, 0) is 47.9 Å². The van der Waals surface area contributed by atoms with E-state index in [9.17, 15) is 27.6 Å². The zero-order valence-electron chi connectivity index (χ0n) is 25.3. The number of carbonyl (C=O) groups is 4. The van der Waals surface area contributed by atoms with Crippen molar-refractivity contribution >= 4 is 33.8 Å². The van der Waals surface area contributed by atoms with Crippen LogP contribution in [0.25, 0.3) is 11.1 Å². The highest BCUT2D eigenvalue weighted by Crippen LogP contribution is 2.44. The van der Waals surface area contributed by atoms with Gasteiger partial charge in [-0.1, -0.05) is 66.7 Å². The molecule has 3 aromatic rings. The molecule has 0 saturated carbocycles. The van der Waals surface area contributed by atoms with Crippen molar-refractivity contribution in [3.05, 3.63) is 90.0 Å². The van der Waals surface area contributed by atoms with Crippen LogP contribution in [0.1, 0.15) is 37.8 Å². The normalized spacial score (nSPS) is 22.1. The second-order valence-electron chi connectivity index (χ2n) is 10.8. The smallest absolute Gasteiger partial charge is 0.407 e. The van der Waals surface area contributed by atoms with E-state index in [0.717, 1.165) is 43.0 Å². The molecule has 1 aliphatic carbocycles. The van der Waals surface area contributed by atoms with Gasteiger partial charge in [-0.2, -0.15) is 0 Å². The number of sulfone groups is 1. The SMILES string of the molecule is CC(=O)OC[C@H]1O[C@@H](S(=O)(=O)c2ccccc2)[C@H](NC(=O)OCC2c3ccccc3-c3ccccc32)[C@@H](OC(C)=O)[C@@H]1OC(C)=O. The molecule has 1 aliphatic heterocycles. The lowest BCUT2D eigenvalue weighted by Crippen LogP contribution is -2.67. The topological polar surface area (TPSA) is 161 Å². The van der Waals surface area contributed by atoms with Gasteiger partial charge in [0.2, 0.25) is 9.84 Å². The summed E-state index contributed by atoms with van der Waals surface area (Å²) in [6, 6.07) is 21.2. The summed E-state index contributed by atoms with van der Waals surface area (Å²) >= 11 is 0. The van der Waals surface area contributed by atoms with E-state index in [-0.39, 0.29) is 17.4 Å². The van der Waals surface area contributed by atoms with Crippen molar-refractivity contribution in [2.75, 3.05) is 13.2 Å². The van der Waals surface area contributed by atoms with Gasteiger partial charge in [0.05, 0.1) is 4.90 Å². The summed E-state index contributed by atoms with van der Waals surface area (Å²) in [5, 5.41) is 2.52. The van der Waals surface area contributed by atoms with Crippen molar-refractivity contribution < 1.29 is 51.3 Å². The van der Waals surface area contributed by atoms with Gasteiger partial charge in [-0.05, 0) is 34.4 Å². The predicted molar refractivity (Wildman–Crippen MR) is 162 cm³/mol. The number of nitrogens with one attached hydrogen (secondary N) is 1. The average Bonchev–Trinajstić information content (AvgIpc) is 3.34. The van der Waals surface area contributed by atoms with E-state index in [1.807, 2.05) is 48.5 Å². The second kappa shape index (κ2) is 13.7. The van der Waals surface area contributed by atoms with Gasteiger partial charge < -0.3 is 29.0 Å². The van der Waals surface area contributed by atoms with Crippen LogP contribution in [-0.4, -0.2) is 75.4 Å². The number of benzene rings is 3. The lowest BCUT2D eigenvalue weighted by Gasteiger charge is -2.44. The summed E-state index contributed by atoms with van der Waals surface area (Å²) in [6.07, 6.45) is -5.47. The van der Waals surface area contributed by atoms with E-state index in [1.54, 1.807) is 6.07 Å². The molecule has 1 heterocycles. The van der Waals surface area contributed by atoms with Gasteiger partial charge >= 0.3 is 24.0 Å². The molecule has 1 fully saturated rings. The Morgan fingerprint density at radius 2 is 1.24 bits per heavy atom. The van der Waals surface area contributed by atoms with Crippen LogP contribution in [0.5, 0.6) is 0 Å². The van der Waals surface area contributed by atoms with E-state index in [4.69, 9.17) is 23.7 Å². The lowest BCUT2D eigenvalue weighted by atomic mass is 9.97. The molecule has 46 heavy (non-hydrogen) atoms. The zero-order chi connectivity index (χ0) is 33.0. The summed E-state index contributed by atoms with van der Waals surface area (Å²) in [5.41, 5.74) is 2.07. The molecule has 1 N–H and O–H groups in total. The molecule has 2 aliphatic rings. The molecule has 13 heteroatoms. The molecule has 0 bridgehead atoms. The molecular weight excluding hydrogens is 618 g/mol. The van der Waals surface area contributed by atoms with Crippen molar-refractivity contribution in [3.63, 3.8) is 0 Å². The fourth-order valence-electron chi connectivity index (χ4n) is 5.84. The molecule has 0 unspecified atom stereocenters. The predicted octanol–water partition coefficient (Wildman–Crippen LogP) is 3.52. The van der Waals surface area contributed by atoms with E-state index in [0.29, 0.717) is 0 Å². The molecule has 3 aromatic carbocycles. The van der Waals surface area contributed by atoms with Crippen molar-refractivity contribution in [2.24, 2.45) is 0 Å². The van der Waals surface area contributed by atoms with Crippen LogP contribution in [0.2, 0.25) is 0 Å². The Morgan fingerprint density at radius 3 is 1.80 bits per heavy atom. The molecular formula is C33H33NO11S. The molecule has 0 aromatic heterocycles. The van der Waals surface area contributed by atoms with Gasteiger partial charge in [-0.15, -0.1) is 0 Å². The molecule has 1 amide bonds. The third-order valence-electron chi connectivity index (χ3n) is 7.71. The maximum atomic E-state index is 14.0. The number of amides is 1. The fourth-order valence-corrected chi connectivity index (χ4v) is 7.54. The number of hydrogen-bond acceptors (Lipinski definition) is 11. The van der Waals surface area contributed by atoms with E-state index in [2.05, 4.69) is 5.32 Å². The number of alkyl carbamates (subject to hydrolysis) is 1. The minimum absolute atomic E-state index is 0.0930. The molecule has 0 spiro atoms. The molecule has 1 saturated heterocycles. The summed E-state index contributed by atoms with van der Waals surface area (Å²) in [7, 11) is -4.42. The van der Waals surface area contributed by atoms with Crippen molar-refractivity contribution in [1.82, 2.24) is 5.32 Å². The van der Waals surface area contributed by atoms with Crippen molar-refractivity contribution in [2.45, 2.75) is 61.4 Å². The summed E-state index contributed by atoms with van der Waals surface area (Å²) in [5.74, 6) is -2.68. The first-order valence-corrected chi connectivity index (χ1v) is 16.1. The van der Waals surface area contributed by atoms with Crippen LogP contribution >= 0.6 is 0 Å². The van der Waals surface area contributed by atoms with Crippen LogP contribution in [0, 0.1) is 0 Å². The first-order valence-electron chi connectivity index (χ1n) is 14.5. The molecule has 12 nitrogen and oxygen atoms in total. The monoisotopic (exact) mass is 651 g/mol. The van der Waals surface area contributed by atoms with Crippen molar-refractivity contribution in [1.29, 1.82) is 0 Å². The number of fused-ring (bicyclic) bond motifs is 3. The first-order chi connectivity index (χ1) is 22.0. The maximum Gasteiger partial charge on any atom is 0.407 e. The van der Waals surface area contributed by atoms with Gasteiger partial charge in [0.25, 0.3) is 0 Å². The molecule has 5 rings (SSSR count). The zero-order valence-corrected chi connectivity index (χ0v) is 26.1. The van der Waals surface area contributed by atoms with Crippen LogP contribution in [0.4, 0.5) is 4.79 Å². The molecule has 5 atom stereocenters. The van der Waals surface area contributed by atoms with E-state index < -0.39 is 70.2 Å². The van der Waals surface area contributed by atoms with E-state index >= 15 is 0 Å². The van der Waals surface area contributed by atoms with Crippen molar-refractivity contribution in [3.8, 4) is 11.1 Å². The van der Waals surface area contributed by atoms with E-state index in [1.165, 1.54) is 24.3 Å². The quantitative estimate of drug-likeness (QED) is 0.266. The third-order valence-corrected chi connectivity index (χ3v) is 9.65. The van der Waals surface area contributed by atoms with Gasteiger partial charge in [-0.25, -0.2) is 13.2 Å².